The first-order valence-corrected chi connectivity index (χ1v) is 19.9. The number of nitrogens with zero attached hydrogens (tertiary/aromatic N) is 2. The quantitative estimate of drug-likeness (QED) is 0.122. The van der Waals surface area contributed by atoms with E-state index in [1.165, 1.54) is 55.0 Å². The van der Waals surface area contributed by atoms with Crippen molar-refractivity contribution in [3.8, 4) is 0 Å². The third kappa shape index (κ3) is 5.54. The van der Waals surface area contributed by atoms with Crippen LogP contribution >= 0.6 is 18.5 Å². The van der Waals surface area contributed by atoms with Crippen molar-refractivity contribution >= 4 is 31.7 Å². The van der Waals surface area contributed by atoms with Gasteiger partial charge in [-0.1, -0.05) is 37.2 Å². The number of rotatable bonds is 6. The Balaban J connectivity index is 0.000000510. The van der Waals surface area contributed by atoms with Crippen molar-refractivity contribution in [1.29, 1.82) is 0 Å². The van der Waals surface area contributed by atoms with Gasteiger partial charge < -0.3 is 30.3 Å². The first kappa shape index (κ1) is 31.0. The largest absolute Gasteiger partial charge is 0.748 e. The Bertz CT molecular complexity index is 1310. The Morgan fingerprint density at radius 2 is 1.34 bits per heavy atom. The van der Waals surface area contributed by atoms with E-state index in [0.717, 1.165) is 23.7 Å². The molecule has 4 bridgehead atoms. The molecule has 2 aromatic carbocycles. The number of aromatic nitrogens is 2. The molecular weight excluding hydrogens is 594 g/mol. The van der Waals surface area contributed by atoms with Crippen LogP contribution in [0.1, 0.15) is 54.4 Å². The third-order valence-corrected chi connectivity index (χ3v) is 14.1. The van der Waals surface area contributed by atoms with Crippen LogP contribution in [0.2, 0.25) is 19.6 Å². The second-order valence-electron chi connectivity index (χ2n) is 13.6. The van der Waals surface area contributed by atoms with E-state index in [2.05, 4.69) is 96.9 Å². The van der Waals surface area contributed by atoms with Crippen molar-refractivity contribution in [3.05, 3.63) is 114 Å². The molecule has 4 aliphatic rings. The molecule has 2 aromatic heterocycles. The average Bonchev–Trinajstić information content (AvgIpc) is 3.68. The molecule has 0 spiro atoms. The third-order valence-electron chi connectivity index (χ3n) is 10.4. The molecule has 2 heterocycles. The fourth-order valence-electron chi connectivity index (χ4n) is 8.55. The van der Waals surface area contributed by atoms with Gasteiger partial charge in [-0.15, -0.1) is 18.5 Å². The first-order valence-electron chi connectivity index (χ1n) is 15.1. The minimum Gasteiger partial charge on any atom is -0.748 e. The van der Waals surface area contributed by atoms with Gasteiger partial charge in [0.15, 0.2) is 0 Å². The van der Waals surface area contributed by atoms with Crippen LogP contribution < -0.4 is 5.19 Å². The van der Waals surface area contributed by atoms with E-state index in [1.807, 2.05) is 42.7 Å². The van der Waals surface area contributed by atoms with Crippen molar-refractivity contribution in [3.63, 3.8) is 0 Å². The van der Waals surface area contributed by atoms with Crippen LogP contribution in [-0.2, 0) is 27.6 Å². The smallest absolute Gasteiger partial charge is 0.0304 e. The Kier molecular flexibility index (Phi) is 9.31. The van der Waals surface area contributed by atoms with Crippen molar-refractivity contribution in [2.24, 2.45) is 23.7 Å². The molecule has 0 amide bonds. The molecule has 2 nitrogen and oxygen atoms in total. The van der Waals surface area contributed by atoms with Gasteiger partial charge in [-0.25, -0.2) is 0 Å². The summed E-state index contributed by atoms with van der Waals surface area (Å²) < 4.78 is 0. The van der Waals surface area contributed by atoms with E-state index in [4.69, 9.17) is 0 Å². The molecule has 222 valence electrons. The maximum atomic E-state index is 4.58. The fourth-order valence-corrected chi connectivity index (χ4v) is 11.2. The second kappa shape index (κ2) is 12.3. The molecule has 0 saturated heterocycles. The molecule has 4 aromatic rings. The summed E-state index contributed by atoms with van der Waals surface area (Å²) in [5.41, 5.74) is 5.85. The summed E-state index contributed by atoms with van der Waals surface area (Å²) in [5, 5.41) is 1.23. The van der Waals surface area contributed by atoms with E-state index < -0.39 is 8.07 Å². The fraction of sp³-hybridized carbons (Fsp3) is 0.429. The Morgan fingerprint density at radius 3 is 1.73 bits per heavy atom. The van der Waals surface area contributed by atoms with E-state index in [9.17, 15) is 0 Å². The maximum absolute atomic E-state index is 4.58. The summed E-state index contributed by atoms with van der Waals surface area (Å²) in [4.78, 5) is 9.16. The van der Waals surface area contributed by atoms with Crippen LogP contribution in [0.25, 0.3) is 0 Å². The van der Waals surface area contributed by atoms with Gasteiger partial charge in [-0.2, -0.15) is 28.4 Å². The summed E-state index contributed by atoms with van der Waals surface area (Å²) in [6.07, 6.45) is 16.3. The zero-order valence-corrected chi connectivity index (χ0v) is 29.0. The zero-order valence-electron chi connectivity index (χ0n) is 24.6. The topological polar surface area (TPSA) is 25.8 Å². The van der Waals surface area contributed by atoms with Crippen molar-refractivity contribution in [2.45, 2.75) is 62.3 Å². The summed E-state index contributed by atoms with van der Waals surface area (Å²) in [5.74, 6) is 3.55. The number of pyridine rings is 2. The molecule has 4 saturated carbocycles. The van der Waals surface area contributed by atoms with Crippen LogP contribution in [0.3, 0.4) is 0 Å². The first-order chi connectivity index (χ1) is 19.3. The van der Waals surface area contributed by atoms with Gasteiger partial charge in [0.05, 0.1) is 0 Å². The van der Waals surface area contributed by atoms with Gasteiger partial charge in [-0.05, 0) is 85.2 Å². The molecule has 4 fully saturated rings. The molecule has 41 heavy (non-hydrogen) atoms. The van der Waals surface area contributed by atoms with Gasteiger partial charge in [0.2, 0.25) is 0 Å². The molecule has 4 aliphatic carbocycles. The SMILES string of the molecule is C[Si](C)(C)[c-]1cc(C(P)(c2cccnc2)c2cccnc2)c(C2(CP)C3CC4CC(C3)CC2C4)c1.[Fe].[cH-]1[cH-][cH-][cH-][cH-]1. The summed E-state index contributed by atoms with van der Waals surface area (Å²) in [6, 6.07) is 24.0. The van der Waals surface area contributed by atoms with Crippen LogP contribution in [0.5, 0.6) is 0 Å². The van der Waals surface area contributed by atoms with E-state index in [-0.39, 0.29) is 27.6 Å². The number of hydrogen-bond donors (Lipinski definition) is 0. The molecule has 0 radical (unpaired) electrons. The Morgan fingerprint density at radius 1 is 0.854 bits per heavy atom. The normalized spacial score (nSPS) is 26.7. The van der Waals surface area contributed by atoms with Crippen LogP contribution in [-0.4, -0.2) is 24.2 Å². The molecule has 0 aliphatic heterocycles. The standard InChI is InChI=1S/C30H39N2P2Si.C5H5.Fe/c1-35(2,3)26-15-27(29(19-33)24-11-20-10-21(13-24)14-25(29)12-20)28(16-26)30(34,22-6-4-8-31-17-22)23-7-5-9-32-18-23;1-2-4-5-3-1;/h4-9,15-18,20-21,24-25H,10-14,19,33-34H2,1-3H3;1-5H;/q-1;-5;. The summed E-state index contributed by atoms with van der Waals surface area (Å²) in [6.45, 7) is 7.50. The molecule has 2 unspecified atom stereocenters. The van der Waals surface area contributed by atoms with Crippen LogP contribution in [0.4, 0.5) is 0 Å². The summed E-state index contributed by atoms with van der Waals surface area (Å²) in [7, 11) is 5.01. The molecule has 2 atom stereocenters. The predicted octanol–water partition coefficient (Wildman–Crippen LogP) is 7.88. The molecular formula is C35H44FeN2P2Si-6. The van der Waals surface area contributed by atoms with Crippen molar-refractivity contribution < 1.29 is 17.1 Å². The van der Waals surface area contributed by atoms with Crippen molar-refractivity contribution in [1.82, 2.24) is 9.97 Å². The second-order valence-corrected chi connectivity index (χ2v) is 20.0. The predicted molar refractivity (Wildman–Crippen MR) is 178 cm³/mol. The van der Waals surface area contributed by atoms with E-state index in [0.29, 0.717) is 0 Å². The minimum atomic E-state index is -1.52. The van der Waals surface area contributed by atoms with Gasteiger partial charge in [0.1, 0.15) is 0 Å². The van der Waals surface area contributed by atoms with Gasteiger partial charge >= 0.3 is 0 Å². The van der Waals surface area contributed by atoms with Crippen molar-refractivity contribution in [2.75, 3.05) is 6.16 Å². The van der Waals surface area contributed by atoms with Crippen LogP contribution in [0, 0.1) is 23.7 Å². The average molecular weight is 639 g/mol. The zero-order chi connectivity index (χ0) is 28.0. The molecule has 8 rings (SSSR count). The minimum absolute atomic E-state index is 0. The Hall–Kier alpha value is -1.40. The van der Waals surface area contributed by atoms with E-state index >= 15 is 0 Å². The van der Waals surface area contributed by atoms with Gasteiger partial charge in [0, 0.05) is 55.1 Å². The number of hydrogen-bond acceptors (Lipinski definition) is 2. The molecule has 6 heteroatoms. The van der Waals surface area contributed by atoms with E-state index in [1.54, 1.807) is 10.8 Å². The van der Waals surface area contributed by atoms with Gasteiger partial charge in [-0.3, -0.25) is 9.97 Å². The molecule has 0 N–H and O–H groups in total. The van der Waals surface area contributed by atoms with Gasteiger partial charge in [0.25, 0.3) is 0 Å². The van der Waals surface area contributed by atoms with Crippen LogP contribution in [0.15, 0.2) is 91.5 Å². The summed E-state index contributed by atoms with van der Waals surface area (Å²) >= 11 is 0. The maximum Gasteiger partial charge on any atom is 0.0304 e. The Labute approximate surface area is 263 Å². The monoisotopic (exact) mass is 638 g/mol.